The van der Waals surface area contributed by atoms with E-state index < -0.39 is 11.2 Å². The molecule has 1 radical (unpaired) electrons. The van der Waals surface area contributed by atoms with Crippen molar-refractivity contribution in [2.24, 2.45) is 0 Å². The van der Waals surface area contributed by atoms with E-state index in [1.54, 1.807) is 33.1 Å². The summed E-state index contributed by atoms with van der Waals surface area (Å²) in [5, 5.41) is 18.5. The predicted octanol–water partition coefficient (Wildman–Crippen LogP) is 2.16. The van der Waals surface area contributed by atoms with Gasteiger partial charge in [0.25, 0.3) is 0 Å². The third-order valence-corrected chi connectivity index (χ3v) is 5.86. The molecule has 127 valence electrons. The number of aliphatic hydroxyl groups is 1. The van der Waals surface area contributed by atoms with Gasteiger partial charge in [-0.3, -0.25) is 0 Å². The number of hydrogen-bond acceptors (Lipinski definition) is 5. The maximum Gasteiger partial charge on any atom is 0.330 e. The maximum atomic E-state index is 10.1. The normalized spacial score (nSPS) is 20.5. The summed E-state index contributed by atoms with van der Waals surface area (Å²) in [6.07, 6.45) is 4.25. The van der Waals surface area contributed by atoms with Crippen molar-refractivity contribution in [2.75, 3.05) is 6.54 Å². The summed E-state index contributed by atoms with van der Waals surface area (Å²) >= 11 is 1.81. The van der Waals surface area contributed by atoms with Crippen molar-refractivity contribution < 1.29 is 9.76 Å². The van der Waals surface area contributed by atoms with E-state index in [9.17, 15) is 5.11 Å². The van der Waals surface area contributed by atoms with Crippen LogP contribution in [0, 0.1) is 0 Å². The molecule has 6 heteroatoms. The van der Waals surface area contributed by atoms with Crippen LogP contribution >= 0.6 is 11.8 Å². The lowest BCUT2D eigenvalue weighted by Gasteiger charge is -2.37. The molecular weight excluding hydrogens is 319 g/mol. The van der Waals surface area contributed by atoms with E-state index in [0.29, 0.717) is 0 Å². The molecule has 0 aliphatic carbocycles. The molecule has 0 aromatic heterocycles. The fraction of sp³-hybridized carbons (Fsp3) is 0.444. The third kappa shape index (κ3) is 3.66. The minimum Gasteiger partial charge on any atom is -0.427 e. The number of benzene rings is 1. The average molecular weight is 343 g/mol. The molecule has 0 spiro atoms. The van der Waals surface area contributed by atoms with Gasteiger partial charge in [-0.05, 0) is 39.3 Å². The summed E-state index contributed by atoms with van der Waals surface area (Å²) in [6.45, 7) is 8.16. The maximum absolute atomic E-state index is 10.1. The summed E-state index contributed by atoms with van der Waals surface area (Å²) in [5.41, 5.74) is 1.80. The second-order valence-electron chi connectivity index (χ2n) is 7.14. The molecule has 3 N–H and O–H groups in total. The first-order chi connectivity index (χ1) is 11.3. The van der Waals surface area contributed by atoms with Gasteiger partial charge in [0.15, 0.2) is 0 Å². The zero-order chi connectivity index (χ0) is 17.4. The van der Waals surface area contributed by atoms with Gasteiger partial charge in [0.2, 0.25) is 0 Å². The van der Waals surface area contributed by atoms with Gasteiger partial charge in [0.05, 0.1) is 21.9 Å². The average Bonchev–Trinajstić information content (AvgIpc) is 2.96. The van der Waals surface area contributed by atoms with Crippen LogP contribution in [0.3, 0.4) is 0 Å². The lowest BCUT2D eigenvalue weighted by atomic mass is 9.82. The quantitative estimate of drug-likeness (QED) is 0.716. The van der Waals surface area contributed by atoms with Crippen LogP contribution in [0.1, 0.15) is 38.6 Å². The van der Waals surface area contributed by atoms with Crippen molar-refractivity contribution in [3.63, 3.8) is 0 Å². The lowest BCUT2D eigenvalue weighted by Crippen LogP contribution is -2.49. The molecule has 4 nitrogen and oxygen atoms in total. The van der Waals surface area contributed by atoms with Crippen molar-refractivity contribution in [3.8, 4) is 0 Å². The Hall–Kier alpha value is -1.37. The number of rotatable bonds is 5. The van der Waals surface area contributed by atoms with Gasteiger partial charge in [-0.15, -0.1) is 0 Å². The van der Waals surface area contributed by atoms with Crippen LogP contribution in [-0.2, 0) is 4.65 Å². The molecule has 1 aromatic rings. The number of allylic oxidation sites excluding steroid dienone is 1. The smallest absolute Gasteiger partial charge is 0.330 e. The molecule has 2 heterocycles. The Bertz CT molecular complexity index is 663. The van der Waals surface area contributed by atoms with Crippen molar-refractivity contribution in [3.05, 3.63) is 52.7 Å². The van der Waals surface area contributed by atoms with Gasteiger partial charge < -0.3 is 20.4 Å². The highest BCUT2D eigenvalue weighted by molar-refractivity contribution is 8.03. The molecule has 2 aliphatic heterocycles. The second kappa shape index (κ2) is 6.50. The number of hydrogen-bond donors (Lipinski definition) is 3. The van der Waals surface area contributed by atoms with Gasteiger partial charge in [0, 0.05) is 6.54 Å². The molecule has 2 aliphatic rings. The van der Waals surface area contributed by atoms with Crippen LogP contribution in [0.25, 0.3) is 0 Å². The molecule has 0 bridgehead atoms. The highest BCUT2D eigenvalue weighted by Crippen LogP contribution is 2.39. The van der Waals surface area contributed by atoms with E-state index >= 15 is 0 Å². The monoisotopic (exact) mass is 343 g/mol. The van der Waals surface area contributed by atoms with E-state index in [4.69, 9.17) is 4.65 Å². The highest BCUT2D eigenvalue weighted by Gasteiger charge is 2.35. The zero-order valence-corrected chi connectivity index (χ0v) is 15.4. The van der Waals surface area contributed by atoms with Crippen molar-refractivity contribution >= 4 is 24.7 Å². The molecule has 1 unspecified atom stereocenters. The van der Waals surface area contributed by atoms with Gasteiger partial charge >= 0.3 is 7.48 Å². The van der Waals surface area contributed by atoms with Crippen molar-refractivity contribution in [2.45, 2.75) is 44.3 Å². The minimum absolute atomic E-state index is 0.230. The molecule has 1 aromatic carbocycles. The summed E-state index contributed by atoms with van der Waals surface area (Å²) in [6, 6.07) is 8.30. The molecule has 0 saturated carbocycles. The number of dihydropyridines is 1. The summed E-state index contributed by atoms with van der Waals surface area (Å²) in [7, 11) is 1.71. The fourth-order valence-electron chi connectivity index (χ4n) is 2.27. The molecule has 1 atom stereocenters. The SMILES string of the molecule is CC(C)(O)C(C)(C)O[B]c1ccc(C2NC3=C(NCC=C3)S2)cc1. The number of thioether (sulfide) groups is 1. The Kier molecular flexibility index (Phi) is 4.73. The van der Waals surface area contributed by atoms with E-state index in [-0.39, 0.29) is 5.37 Å². The largest absolute Gasteiger partial charge is 0.427 e. The molecule has 0 fully saturated rings. The van der Waals surface area contributed by atoms with E-state index in [2.05, 4.69) is 34.9 Å². The van der Waals surface area contributed by atoms with Crippen LogP contribution in [0.2, 0.25) is 0 Å². The summed E-state index contributed by atoms with van der Waals surface area (Å²) < 4.78 is 5.80. The van der Waals surface area contributed by atoms with Crippen molar-refractivity contribution in [1.29, 1.82) is 0 Å². The second-order valence-corrected chi connectivity index (χ2v) is 8.26. The molecule has 3 rings (SSSR count). The van der Waals surface area contributed by atoms with Crippen LogP contribution in [-0.4, -0.2) is 30.3 Å². The predicted molar refractivity (Wildman–Crippen MR) is 101 cm³/mol. The fourth-order valence-corrected chi connectivity index (χ4v) is 3.40. The first-order valence-electron chi connectivity index (χ1n) is 8.17. The zero-order valence-electron chi connectivity index (χ0n) is 14.6. The minimum atomic E-state index is -0.918. The Morgan fingerprint density at radius 2 is 1.92 bits per heavy atom. The molecule has 0 amide bonds. The summed E-state index contributed by atoms with van der Waals surface area (Å²) in [5.74, 6) is 0. The Morgan fingerprint density at radius 3 is 2.54 bits per heavy atom. The van der Waals surface area contributed by atoms with Gasteiger partial charge in [-0.1, -0.05) is 47.6 Å². The Balaban J connectivity index is 1.60. The lowest BCUT2D eigenvalue weighted by molar-refractivity contribution is -0.0893. The van der Waals surface area contributed by atoms with E-state index in [1.165, 1.54) is 16.3 Å². The van der Waals surface area contributed by atoms with Gasteiger partial charge in [0.1, 0.15) is 5.37 Å². The van der Waals surface area contributed by atoms with Crippen LogP contribution in [0.15, 0.2) is 47.1 Å². The van der Waals surface area contributed by atoms with Crippen molar-refractivity contribution in [1.82, 2.24) is 10.6 Å². The summed E-state index contributed by atoms with van der Waals surface area (Å²) in [4.78, 5) is 0. The van der Waals surface area contributed by atoms with Gasteiger partial charge in [-0.2, -0.15) is 0 Å². The standard InChI is InChI=1S/C18H24BN2O2S/c1-17(2,22)18(3,4)23-19-13-9-7-12(8-10-13)15-21-14-6-5-11-20-16(14)24-15/h5-10,15,20-22H,11H2,1-4H3. The van der Waals surface area contributed by atoms with Crippen LogP contribution in [0.5, 0.6) is 0 Å². The first kappa shape index (κ1) is 17.5. The molecule has 0 saturated heterocycles. The van der Waals surface area contributed by atoms with Crippen LogP contribution < -0.4 is 16.1 Å². The third-order valence-electron chi connectivity index (χ3n) is 4.63. The van der Waals surface area contributed by atoms with Crippen LogP contribution in [0.4, 0.5) is 0 Å². The molecule has 24 heavy (non-hydrogen) atoms. The highest BCUT2D eigenvalue weighted by atomic mass is 32.2. The van der Waals surface area contributed by atoms with E-state index in [1.807, 2.05) is 26.0 Å². The Morgan fingerprint density at radius 1 is 1.21 bits per heavy atom. The first-order valence-corrected chi connectivity index (χ1v) is 9.05. The van der Waals surface area contributed by atoms with Gasteiger partial charge in [-0.25, -0.2) is 0 Å². The Labute approximate surface area is 149 Å². The number of nitrogens with one attached hydrogen (secondary N) is 2. The molecular formula is C18H24BN2O2S. The topological polar surface area (TPSA) is 53.5 Å². The van der Waals surface area contributed by atoms with E-state index in [0.717, 1.165) is 12.0 Å².